The summed E-state index contributed by atoms with van der Waals surface area (Å²) < 4.78 is -1.16. The third-order valence-electron chi connectivity index (χ3n) is 5.53. The molecule has 2 aliphatic rings. The normalized spacial score (nSPS) is 36.5. The van der Waals surface area contributed by atoms with Crippen LogP contribution in [0.15, 0.2) is 60.7 Å². The van der Waals surface area contributed by atoms with Crippen molar-refractivity contribution >= 4 is 55.2 Å². The Kier molecular flexibility index (Phi) is 4.49. The number of thioether (sulfide) groups is 2. The first kappa shape index (κ1) is 19.1. The molecule has 2 aromatic rings. The molecule has 6 heteroatoms. The van der Waals surface area contributed by atoms with Crippen molar-refractivity contribution in [3.8, 4) is 0 Å². The van der Waals surface area contributed by atoms with Crippen LogP contribution in [-0.4, -0.2) is 17.0 Å². The lowest BCUT2D eigenvalue weighted by Crippen LogP contribution is -2.60. The minimum absolute atomic E-state index is 0.250. The molecule has 2 aromatic carbocycles. The number of halogens is 1. The Hall–Kier alpha value is -0.253. The largest absolute Gasteiger partial charge is 0.285 e. The van der Waals surface area contributed by atoms with E-state index in [0.29, 0.717) is 0 Å². The van der Waals surface area contributed by atoms with Gasteiger partial charge in [0.15, 0.2) is 0 Å². The van der Waals surface area contributed by atoms with Gasteiger partial charge in [-0.05, 0) is 18.1 Å². The number of carbonyl (C=O) groups is 1. The van der Waals surface area contributed by atoms with Crippen LogP contribution < -0.4 is 0 Å². The van der Waals surface area contributed by atoms with E-state index in [-0.39, 0.29) is 13.7 Å². The van der Waals surface area contributed by atoms with Crippen LogP contribution in [0.25, 0.3) is 0 Å². The zero-order chi connectivity index (χ0) is 18.8. The fourth-order valence-electron chi connectivity index (χ4n) is 4.65. The van der Waals surface area contributed by atoms with Crippen LogP contribution in [0.5, 0.6) is 0 Å². The van der Waals surface area contributed by atoms with E-state index in [0.717, 1.165) is 5.56 Å². The van der Waals surface area contributed by atoms with Crippen LogP contribution in [0, 0.1) is 0 Å². The van der Waals surface area contributed by atoms with Gasteiger partial charge in [-0.2, -0.15) is 0 Å². The molecule has 0 N–H and O–H groups in total. The molecule has 2 unspecified atom stereocenters. The second-order valence-corrected chi connectivity index (χ2v) is 20.7. The van der Waals surface area contributed by atoms with E-state index in [1.807, 2.05) is 36.0 Å². The second-order valence-electron chi connectivity index (χ2n) is 8.04. The molecule has 0 aliphatic carbocycles. The summed E-state index contributed by atoms with van der Waals surface area (Å²) in [6, 6.07) is 21.0. The van der Waals surface area contributed by atoms with Gasteiger partial charge in [0.05, 0.1) is 12.9 Å². The quantitative estimate of drug-likeness (QED) is 0.381. The monoisotopic (exact) mass is 436 g/mol. The highest BCUT2D eigenvalue weighted by molar-refractivity contribution is 8.40. The maximum atomic E-state index is 13.7. The van der Waals surface area contributed by atoms with Crippen LogP contribution in [0.4, 0.5) is 0 Å². The second kappa shape index (κ2) is 6.12. The van der Waals surface area contributed by atoms with Gasteiger partial charge in [-0.25, -0.2) is 0 Å². The molecule has 4 atom stereocenters. The molecule has 1 nitrogen and oxygen atoms in total. The van der Waals surface area contributed by atoms with Crippen molar-refractivity contribution < 1.29 is 4.79 Å². The Morgan fingerprint density at radius 2 is 1.42 bits per heavy atom. The van der Waals surface area contributed by atoms with Crippen molar-refractivity contribution in [2.75, 3.05) is 0 Å². The average molecular weight is 437 g/mol. The van der Waals surface area contributed by atoms with Gasteiger partial charge in [0.25, 0.3) is 0 Å². The first-order valence-corrected chi connectivity index (χ1v) is 16.1. The highest BCUT2D eigenvalue weighted by Gasteiger charge is 2.81. The SMILES string of the molecule is C[C@@]12SC(=O)[C@@](c3ccccc3)(S1)C(c1ccccc1)([Si](C)(C)C)P2Cl. The Bertz CT molecular complexity index is 859. The third-order valence-corrected chi connectivity index (χ3v) is 20.6. The summed E-state index contributed by atoms with van der Waals surface area (Å²) >= 11 is 10.7. The summed E-state index contributed by atoms with van der Waals surface area (Å²) in [5, 5.41) is 0.280. The number of hydrogen-bond acceptors (Lipinski definition) is 3. The van der Waals surface area contributed by atoms with Gasteiger partial charge in [-0.15, -0.1) is 11.8 Å². The van der Waals surface area contributed by atoms with Crippen LogP contribution in [0.3, 0.4) is 0 Å². The maximum absolute atomic E-state index is 13.7. The molecule has 0 saturated carbocycles. The van der Waals surface area contributed by atoms with E-state index >= 15 is 0 Å². The van der Waals surface area contributed by atoms with Crippen LogP contribution in [-0.2, 0) is 14.3 Å². The lowest BCUT2D eigenvalue weighted by molar-refractivity contribution is -0.113. The Morgan fingerprint density at radius 3 is 1.92 bits per heavy atom. The molecule has 0 amide bonds. The fraction of sp³-hybridized carbons (Fsp3) is 0.350. The number of carbonyl (C=O) groups excluding carboxylic acids is 1. The molecule has 136 valence electrons. The number of benzene rings is 2. The van der Waals surface area contributed by atoms with Crippen molar-refractivity contribution in [2.45, 2.75) is 39.9 Å². The summed E-state index contributed by atoms with van der Waals surface area (Å²) in [6.45, 7) is 9.33. The smallest absolute Gasteiger partial charge is 0.212 e. The predicted octanol–water partition coefficient (Wildman–Crippen LogP) is 6.98. The van der Waals surface area contributed by atoms with Crippen LogP contribution >= 0.6 is 42.0 Å². The summed E-state index contributed by atoms with van der Waals surface area (Å²) in [5.41, 5.74) is 2.36. The van der Waals surface area contributed by atoms with Crippen molar-refractivity contribution in [2.24, 2.45) is 0 Å². The van der Waals surface area contributed by atoms with Crippen LogP contribution in [0.2, 0.25) is 19.6 Å². The molecule has 0 aromatic heterocycles. The molecule has 0 radical (unpaired) electrons. The molecule has 2 saturated heterocycles. The predicted molar refractivity (Wildman–Crippen MR) is 121 cm³/mol. The highest BCUT2D eigenvalue weighted by atomic mass is 35.7. The summed E-state index contributed by atoms with van der Waals surface area (Å²) in [4.78, 5) is 13.7. The van der Waals surface area contributed by atoms with Gasteiger partial charge in [0.1, 0.15) is 8.57 Å². The van der Waals surface area contributed by atoms with Gasteiger partial charge < -0.3 is 0 Å². The first-order valence-electron chi connectivity index (χ1n) is 8.71. The van der Waals surface area contributed by atoms with Gasteiger partial charge in [-0.3, -0.25) is 4.79 Å². The fourth-order valence-corrected chi connectivity index (χ4v) is 22.4. The zero-order valence-electron chi connectivity index (χ0n) is 15.3. The summed E-state index contributed by atoms with van der Waals surface area (Å²) in [6.07, 6.45) is 0. The summed E-state index contributed by atoms with van der Waals surface area (Å²) in [7, 11) is -2.87. The molecule has 2 fully saturated rings. The van der Waals surface area contributed by atoms with E-state index < -0.39 is 20.1 Å². The molecule has 2 bridgehead atoms. The Balaban J connectivity index is 2.14. The number of fused-ring (bicyclic) bond motifs is 2. The molecule has 26 heavy (non-hydrogen) atoms. The van der Waals surface area contributed by atoms with Crippen molar-refractivity contribution in [1.29, 1.82) is 0 Å². The Morgan fingerprint density at radius 1 is 0.923 bits per heavy atom. The molecule has 4 rings (SSSR count). The minimum atomic E-state index is -1.93. The van der Waals surface area contributed by atoms with Gasteiger partial charge in [0.2, 0.25) is 5.12 Å². The average Bonchev–Trinajstić information content (AvgIpc) is 3.00. The first-order chi connectivity index (χ1) is 12.2. The van der Waals surface area contributed by atoms with Gasteiger partial charge in [0, 0.05) is 7.27 Å². The number of hydrogen-bond donors (Lipinski definition) is 0. The highest BCUT2D eigenvalue weighted by Crippen LogP contribution is 2.94. The lowest BCUT2D eigenvalue weighted by Gasteiger charge is -2.54. The van der Waals surface area contributed by atoms with E-state index in [2.05, 4.69) is 63.0 Å². The van der Waals surface area contributed by atoms with Gasteiger partial charge in [-0.1, -0.05) is 103 Å². The van der Waals surface area contributed by atoms with Gasteiger partial charge >= 0.3 is 0 Å². The third kappa shape index (κ3) is 2.20. The van der Waals surface area contributed by atoms with E-state index in [1.54, 1.807) is 0 Å². The number of rotatable bonds is 3. The van der Waals surface area contributed by atoms with E-state index in [4.69, 9.17) is 11.2 Å². The maximum Gasteiger partial charge on any atom is 0.212 e. The summed E-state index contributed by atoms with van der Waals surface area (Å²) in [5.74, 6) is 0. The van der Waals surface area contributed by atoms with Crippen molar-refractivity contribution in [3.63, 3.8) is 0 Å². The minimum Gasteiger partial charge on any atom is -0.285 e. The van der Waals surface area contributed by atoms with E-state index in [9.17, 15) is 4.79 Å². The topological polar surface area (TPSA) is 17.1 Å². The lowest BCUT2D eigenvalue weighted by atomic mass is 9.90. The molecule has 0 spiro atoms. The molecular weight excluding hydrogens is 415 g/mol. The molecule has 2 heterocycles. The van der Waals surface area contributed by atoms with Crippen molar-refractivity contribution in [3.05, 3.63) is 71.8 Å². The Labute approximate surface area is 171 Å². The van der Waals surface area contributed by atoms with Crippen molar-refractivity contribution in [1.82, 2.24) is 0 Å². The molecular formula is C20H22ClOPS2Si. The zero-order valence-corrected chi connectivity index (χ0v) is 19.6. The standard InChI is InChI=1S/C20H22ClOPS2Si/c1-18-23(21)20(26(2,3)4,16-13-9-6-10-14-16)19(25-18,17(22)24-18)15-11-7-5-8-12-15/h5-14H,1-4H3/t18-,19-,20?,23?/m1/s1. The van der Waals surface area contributed by atoms with E-state index in [1.165, 1.54) is 17.3 Å². The molecule has 2 aliphatic heterocycles. The van der Waals surface area contributed by atoms with Crippen LogP contribution in [0.1, 0.15) is 18.1 Å².